The van der Waals surface area contributed by atoms with Crippen molar-refractivity contribution in [3.8, 4) is 5.75 Å². The Morgan fingerprint density at radius 3 is 2.47 bits per heavy atom. The maximum Gasteiger partial charge on any atom is 0.289 e. The van der Waals surface area contributed by atoms with Crippen LogP contribution in [0.5, 0.6) is 5.75 Å². The van der Waals surface area contributed by atoms with Crippen molar-refractivity contribution in [3.05, 3.63) is 47.9 Å². The van der Waals surface area contributed by atoms with E-state index >= 15 is 0 Å². The molecule has 6 rings (SSSR count). The molecule has 0 N–H and O–H groups in total. The first-order chi connectivity index (χ1) is 15.7. The summed E-state index contributed by atoms with van der Waals surface area (Å²) >= 11 is 0. The molecular weight excluding hydrogens is 402 g/mol. The number of piperazine rings is 1. The number of rotatable bonds is 3. The van der Waals surface area contributed by atoms with Crippen LogP contribution in [0, 0.1) is 0 Å². The molecule has 0 radical (unpaired) electrons. The topological polar surface area (TPSA) is 49.2 Å². The highest BCUT2D eigenvalue weighted by atomic mass is 16.5. The van der Waals surface area contributed by atoms with Crippen LogP contribution in [0.3, 0.4) is 0 Å². The highest BCUT2D eigenvalue weighted by Crippen LogP contribution is 2.42. The fraction of sp³-hybridized carbons (Fsp3) is 0.577. The van der Waals surface area contributed by atoms with Gasteiger partial charge in [-0.3, -0.25) is 4.79 Å². The van der Waals surface area contributed by atoms with Crippen LogP contribution < -0.4 is 9.64 Å². The average molecular weight is 436 g/mol. The monoisotopic (exact) mass is 435 g/mol. The van der Waals surface area contributed by atoms with Crippen LogP contribution in [0.2, 0.25) is 0 Å². The van der Waals surface area contributed by atoms with E-state index in [1.54, 1.807) is 18.4 Å². The predicted octanol–water partition coefficient (Wildman–Crippen LogP) is 3.95. The summed E-state index contributed by atoms with van der Waals surface area (Å²) in [5.74, 6) is 1.50. The minimum atomic E-state index is -0.0119. The fourth-order valence-corrected chi connectivity index (χ4v) is 5.83. The third-order valence-electron chi connectivity index (χ3n) is 8.18. The lowest BCUT2D eigenvalue weighted by Gasteiger charge is -2.48. The number of carbonyl (C=O) groups is 1. The number of piperidine rings is 1. The van der Waals surface area contributed by atoms with Gasteiger partial charge in [-0.05, 0) is 74.4 Å². The first kappa shape index (κ1) is 20.2. The lowest BCUT2D eigenvalue weighted by Crippen LogP contribution is -2.53. The molecule has 3 aliphatic heterocycles. The lowest BCUT2D eigenvalue weighted by atomic mass is 9.81. The third-order valence-corrected chi connectivity index (χ3v) is 8.18. The second-order valence-corrected chi connectivity index (χ2v) is 9.95. The van der Waals surface area contributed by atoms with Crippen molar-refractivity contribution < 1.29 is 13.9 Å². The van der Waals surface area contributed by atoms with E-state index in [1.807, 2.05) is 4.90 Å². The Labute approximate surface area is 190 Å². The van der Waals surface area contributed by atoms with Crippen LogP contribution in [-0.2, 0) is 6.42 Å². The SMILES string of the molecule is O=C(c1ccco1)N1CCN(c2ccc3c(c2)CCC2(CCN(C4CCC4)CC2)O3)CC1. The number of nitrogens with zero attached hydrogens (tertiary/aromatic N) is 3. The summed E-state index contributed by atoms with van der Waals surface area (Å²) in [5.41, 5.74) is 2.63. The van der Waals surface area contributed by atoms with E-state index in [1.165, 1.54) is 43.6 Å². The molecule has 4 aliphatic rings. The summed E-state index contributed by atoms with van der Waals surface area (Å²) in [6.07, 6.45) is 10.3. The summed E-state index contributed by atoms with van der Waals surface area (Å²) in [7, 11) is 0. The molecule has 0 unspecified atom stereocenters. The molecule has 6 heteroatoms. The zero-order chi connectivity index (χ0) is 21.5. The number of hydrogen-bond acceptors (Lipinski definition) is 5. The Balaban J connectivity index is 1.07. The second kappa shape index (κ2) is 8.14. The van der Waals surface area contributed by atoms with E-state index in [-0.39, 0.29) is 11.5 Å². The van der Waals surface area contributed by atoms with Crippen LogP contribution in [0.4, 0.5) is 5.69 Å². The van der Waals surface area contributed by atoms with Gasteiger partial charge in [0, 0.05) is 51.0 Å². The van der Waals surface area contributed by atoms with E-state index in [9.17, 15) is 4.79 Å². The summed E-state index contributed by atoms with van der Waals surface area (Å²) in [6.45, 7) is 5.50. The predicted molar refractivity (Wildman–Crippen MR) is 123 cm³/mol. The van der Waals surface area contributed by atoms with E-state index in [4.69, 9.17) is 9.15 Å². The first-order valence-electron chi connectivity index (χ1n) is 12.3. The van der Waals surface area contributed by atoms with Gasteiger partial charge in [0.1, 0.15) is 11.4 Å². The second-order valence-electron chi connectivity index (χ2n) is 9.95. The van der Waals surface area contributed by atoms with Crippen molar-refractivity contribution in [3.63, 3.8) is 0 Å². The van der Waals surface area contributed by atoms with Crippen molar-refractivity contribution in [2.75, 3.05) is 44.2 Å². The van der Waals surface area contributed by atoms with Crippen LogP contribution in [0.25, 0.3) is 0 Å². The number of fused-ring (bicyclic) bond motifs is 1. The highest BCUT2D eigenvalue weighted by molar-refractivity contribution is 5.91. The molecule has 6 nitrogen and oxygen atoms in total. The molecule has 1 amide bonds. The molecular formula is C26H33N3O3. The Bertz CT molecular complexity index is 953. The van der Waals surface area contributed by atoms with Crippen molar-refractivity contribution in [2.45, 2.75) is 56.6 Å². The number of aryl methyl sites for hydroxylation is 1. The van der Waals surface area contributed by atoms with Gasteiger partial charge in [0.25, 0.3) is 5.91 Å². The van der Waals surface area contributed by atoms with Crippen molar-refractivity contribution >= 4 is 11.6 Å². The molecule has 1 aliphatic carbocycles. The van der Waals surface area contributed by atoms with Gasteiger partial charge in [-0.25, -0.2) is 0 Å². The minimum absolute atomic E-state index is 0.0119. The number of furan rings is 1. The van der Waals surface area contributed by atoms with Crippen LogP contribution in [0.15, 0.2) is 41.0 Å². The zero-order valence-electron chi connectivity index (χ0n) is 18.8. The number of ether oxygens (including phenoxy) is 1. The van der Waals surface area contributed by atoms with E-state index in [0.29, 0.717) is 18.8 Å². The Hall–Kier alpha value is -2.47. The van der Waals surface area contributed by atoms with Gasteiger partial charge in [0.05, 0.1) is 6.26 Å². The average Bonchev–Trinajstić information content (AvgIpc) is 3.34. The van der Waals surface area contributed by atoms with Crippen molar-refractivity contribution in [1.29, 1.82) is 0 Å². The van der Waals surface area contributed by atoms with Gasteiger partial charge < -0.3 is 23.9 Å². The summed E-state index contributed by atoms with van der Waals surface area (Å²) in [6, 6.07) is 11.1. The van der Waals surface area contributed by atoms with Gasteiger partial charge >= 0.3 is 0 Å². The van der Waals surface area contributed by atoms with E-state index in [0.717, 1.165) is 50.6 Å². The van der Waals surface area contributed by atoms with Gasteiger partial charge in [0.15, 0.2) is 5.76 Å². The minimum Gasteiger partial charge on any atom is -0.487 e. The molecule has 0 bridgehead atoms. The van der Waals surface area contributed by atoms with E-state index in [2.05, 4.69) is 28.0 Å². The Morgan fingerprint density at radius 2 is 1.78 bits per heavy atom. The lowest BCUT2D eigenvalue weighted by molar-refractivity contribution is -0.0336. The van der Waals surface area contributed by atoms with Crippen molar-refractivity contribution in [1.82, 2.24) is 9.80 Å². The molecule has 4 heterocycles. The largest absolute Gasteiger partial charge is 0.487 e. The molecule has 2 aromatic rings. The fourth-order valence-electron chi connectivity index (χ4n) is 5.83. The highest BCUT2D eigenvalue weighted by Gasteiger charge is 2.41. The standard InChI is InChI=1S/C26H33N3O3/c30-25(24-5-2-18-31-24)29-16-14-28(15-17-29)22-6-7-23-20(19-22)8-9-26(32-23)10-12-27(13-11-26)21-3-1-4-21/h2,5-7,18-19,21H,1,3-4,8-17H2. The summed E-state index contributed by atoms with van der Waals surface area (Å²) < 4.78 is 11.9. The molecule has 3 fully saturated rings. The van der Waals surface area contributed by atoms with Crippen molar-refractivity contribution in [2.24, 2.45) is 0 Å². The number of anilines is 1. The van der Waals surface area contributed by atoms with Gasteiger partial charge in [0.2, 0.25) is 0 Å². The quantitative estimate of drug-likeness (QED) is 0.731. The van der Waals surface area contributed by atoms with Gasteiger partial charge in [-0.1, -0.05) is 6.42 Å². The molecule has 32 heavy (non-hydrogen) atoms. The third kappa shape index (κ3) is 3.68. The smallest absolute Gasteiger partial charge is 0.289 e. The zero-order valence-corrected chi connectivity index (χ0v) is 18.8. The molecule has 1 saturated carbocycles. The van der Waals surface area contributed by atoms with E-state index < -0.39 is 0 Å². The molecule has 2 saturated heterocycles. The number of likely N-dealkylation sites (tertiary alicyclic amines) is 1. The Kier molecular flexibility index (Phi) is 5.13. The number of amides is 1. The number of benzene rings is 1. The van der Waals surface area contributed by atoms with Gasteiger partial charge in [-0.2, -0.15) is 0 Å². The normalized spacial score (nSPS) is 23.5. The molecule has 1 spiro atoms. The van der Waals surface area contributed by atoms with Crippen LogP contribution in [-0.4, -0.2) is 66.6 Å². The molecule has 1 aromatic carbocycles. The maximum absolute atomic E-state index is 12.5. The summed E-state index contributed by atoms with van der Waals surface area (Å²) in [5, 5.41) is 0. The molecule has 170 valence electrons. The van der Waals surface area contributed by atoms with Crippen LogP contribution >= 0.6 is 0 Å². The number of carbonyl (C=O) groups excluding carboxylic acids is 1. The first-order valence-corrected chi connectivity index (χ1v) is 12.3. The Morgan fingerprint density at radius 1 is 0.969 bits per heavy atom. The number of hydrogen-bond donors (Lipinski definition) is 0. The summed E-state index contributed by atoms with van der Waals surface area (Å²) in [4.78, 5) is 19.5. The van der Waals surface area contributed by atoms with Gasteiger partial charge in [-0.15, -0.1) is 0 Å². The van der Waals surface area contributed by atoms with Crippen LogP contribution in [0.1, 0.15) is 54.6 Å². The molecule has 0 atom stereocenters. The molecule has 1 aromatic heterocycles. The maximum atomic E-state index is 12.5.